The third-order valence-electron chi connectivity index (χ3n) is 4.18. The molecule has 2 aliphatic rings. The Labute approximate surface area is 117 Å². The van der Waals surface area contributed by atoms with Gasteiger partial charge in [0, 0.05) is 13.1 Å². The number of hydrogen-bond acceptors (Lipinski definition) is 3. The van der Waals surface area contributed by atoms with Crippen molar-refractivity contribution in [2.45, 2.75) is 32.2 Å². The molecule has 0 aromatic heterocycles. The third kappa shape index (κ3) is 2.42. The first kappa shape index (κ1) is 14.6. The van der Waals surface area contributed by atoms with Crippen LogP contribution in [-0.4, -0.2) is 46.4 Å². The number of carbonyl (C=O) groups excluding carboxylic acids is 2. The summed E-state index contributed by atoms with van der Waals surface area (Å²) in [4.78, 5) is 37.4. The van der Waals surface area contributed by atoms with Crippen LogP contribution in [0.2, 0.25) is 0 Å². The van der Waals surface area contributed by atoms with E-state index >= 15 is 0 Å². The molecule has 0 bridgehead atoms. The molecule has 110 valence electrons. The SMILES string of the molecule is CC1(C)C(=O)NCCN1C(=O)[C@@H]1CC=CC[C@@H]1C(=O)O. The topological polar surface area (TPSA) is 86.7 Å². The fourth-order valence-corrected chi connectivity index (χ4v) is 2.85. The standard InChI is InChI=1S/C14H20N2O4/c1-14(2)13(20)15-7-8-16(14)11(17)9-5-3-4-6-10(9)12(18)19/h3-4,9-10H,5-8H2,1-2H3,(H,15,20)(H,18,19)/t9-,10+/m1/s1. The van der Waals surface area contributed by atoms with Gasteiger partial charge in [0.15, 0.2) is 0 Å². The second-order valence-corrected chi connectivity index (χ2v) is 5.80. The van der Waals surface area contributed by atoms with Crippen LogP contribution in [-0.2, 0) is 14.4 Å². The van der Waals surface area contributed by atoms with Gasteiger partial charge in [-0.05, 0) is 26.7 Å². The van der Waals surface area contributed by atoms with E-state index in [1.807, 2.05) is 6.08 Å². The molecule has 0 saturated carbocycles. The second-order valence-electron chi connectivity index (χ2n) is 5.80. The second kappa shape index (κ2) is 5.26. The number of carboxylic acids is 1. The van der Waals surface area contributed by atoms with E-state index in [4.69, 9.17) is 0 Å². The minimum Gasteiger partial charge on any atom is -0.481 e. The summed E-state index contributed by atoms with van der Waals surface area (Å²) in [7, 11) is 0. The quantitative estimate of drug-likeness (QED) is 0.716. The molecule has 0 aromatic rings. The van der Waals surface area contributed by atoms with Gasteiger partial charge in [-0.1, -0.05) is 12.2 Å². The number of amides is 2. The van der Waals surface area contributed by atoms with E-state index in [-0.39, 0.29) is 11.8 Å². The lowest BCUT2D eigenvalue weighted by molar-refractivity contribution is -0.157. The van der Waals surface area contributed by atoms with E-state index in [0.717, 1.165) is 0 Å². The van der Waals surface area contributed by atoms with Crippen LogP contribution >= 0.6 is 0 Å². The van der Waals surface area contributed by atoms with Gasteiger partial charge < -0.3 is 15.3 Å². The van der Waals surface area contributed by atoms with Crippen molar-refractivity contribution in [2.24, 2.45) is 11.8 Å². The number of aliphatic carboxylic acids is 1. The Bertz CT molecular complexity index is 470. The molecule has 1 saturated heterocycles. The highest BCUT2D eigenvalue weighted by atomic mass is 16.4. The first-order valence-electron chi connectivity index (χ1n) is 6.83. The number of hydrogen-bond donors (Lipinski definition) is 2. The molecular weight excluding hydrogens is 260 g/mol. The van der Waals surface area contributed by atoms with Crippen molar-refractivity contribution in [3.63, 3.8) is 0 Å². The lowest BCUT2D eigenvalue weighted by Crippen LogP contribution is -2.64. The molecule has 2 atom stereocenters. The molecule has 1 aliphatic heterocycles. The lowest BCUT2D eigenvalue weighted by Gasteiger charge is -2.43. The molecule has 1 fully saturated rings. The number of piperazine rings is 1. The van der Waals surface area contributed by atoms with Gasteiger partial charge in [0.05, 0.1) is 11.8 Å². The summed E-state index contributed by atoms with van der Waals surface area (Å²) in [6.07, 6.45) is 4.44. The number of carbonyl (C=O) groups is 3. The van der Waals surface area contributed by atoms with Crippen LogP contribution in [0.4, 0.5) is 0 Å². The van der Waals surface area contributed by atoms with Gasteiger partial charge in [-0.25, -0.2) is 0 Å². The Hall–Kier alpha value is -1.85. The Balaban J connectivity index is 2.23. The van der Waals surface area contributed by atoms with E-state index in [2.05, 4.69) is 5.32 Å². The van der Waals surface area contributed by atoms with Crippen LogP contribution in [0.15, 0.2) is 12.2 Å². The molecule has 2 amide bonds. The number of allylic oxidation sites excluding steroid dienone is 2. The maximum absolute atomic E-state index is 12.7. The van der Waals surface area contributed by atoms with Crippen LogP contribution in [0.1, 0.15) is 26.7 Å². The predicted octanol–water partition coefficient (Wildman–Crippen LogP) is 0.390. The zero-order valence-electron chi connectivity index (χ0n) is 11.8. The molecule has 6 heteroatoms. The Morgan fingerprint density at radius 1 is 1.30 bits per heavy atom. The first-order valence-corrected chi connectivity index (χ1v) is 6.83. The van der Waals surface area contributed by atoms with Gasteiger partial charge in [0.1, 0.15) is 5.54 Å². The molecule has 2 rings (SSSR count). The average Bonchev–Trinajstić information content (AvgIpc) is 2.41. The first-order chi connectivity index (χ1) is 9.35. The predicted molar refractivity (Wildman–Crippen MR) is 71.8 cm³/mol. The largest absolute Gasteiger partial charge is 0.481 e. The van der Waals surface area contributed by atoms with Crippen molar-refractivity contribution >= 4 is 17.8 Å². The number of nitrogens with one attached hydrogen (secondary N) is 1. The summed E-state index contributed by atoms with van der Waals surface area (Å²) in [6.45, 7) is 4.21. The molecular formula is C14H20N2O4. The summed E-state index contributed by atoms with van der Waals surface area (Å²) in [6, 6.07) is 0. The highest BCUT2D eigenvalue weighted by molar-refractivity contribution is 5.94. The molecule has 0 unspecified atom stereocenters. The summed E-state index contributed by atoms with van der Waals surface area (Å²) in [5, 5.41) is 12.0. The van der Waals surface area contributed by atoms with Crippen LogP contribution < -0.4 is 5.32 Å². The van der Waals surface area contributed by atoms with Gasteiger partial charge in [0.25, 0.3) is 0 Å². The molecule has 2 N–H and O–H groups in total. The van der Waals surface area contributed by atoms with Crippen LogP contribution in [0.5, 0.6) is 0 Å². The van der Waals surface area contributed by atoms with Crippen molar-refractivity contribution in [1.82, 2.24) is 10.2 Å². The number of carboxylic acid groups (broad SMARTS) is 1. The fraction of sp³-hybridized carbons (Fsp3) is 0.643. The van der Waals surface area contributed by atoms with E-state index in [0.29, 0.717) is 25.9 Å². The van der Waals surface area contributed by atoms with Gasteiger partial charge in [-0.3, -0.25) is 14.4 Å². The Morgan fingerprint density at radius 2 is 1.90 bits per heavy atom. The highest BCUT2D eigenvalue weighted by Crippen LogP contribution is 2.30. The average molecular weight is 280 g/mol. The monoisotopic (exact) mass is 280 g/mol. The fourth-order valence-electron chi connectivity index (χ4n) is 2.85. The zero-order valence-corrected chi connectivity index (χ0v) is 11.8. The molecule has 20 heavy (non-hydrogen) atoms. The minimum atomic E-state index is -0.952. The Morgan fingerprint density at radius 3 is 2.50 bits per heavy atom. The third-order valence-corrected chi connectivity index (χ3v) is 4.18. The van der Waals surface area contributed by atoms with Crippen molar-refractivity contribution in [1.29, 1.82) is 0 Å². The van der Waals surface area contributed by atoms with Gasteiger partial charge >= 0.3 is 5.97 Å². The molecule has 1 aliphatic carbocycles. The van der Waals surface area contributed by atoms with Crippen molar-refractivity contribution < 1.29 is 19.5 Å². The van der Waals surface area contributed by atoms with Crippen molar-refractivity contribution in [2.75, 3.05) is 13.1 Å². The normalized spacial score (nSPS) is 28.9. The minimum absolute atomic E-state index is 0.199. The van der Waals surface area contributed by atoms with Gasteiger partial charge in [-0.2, -0.15) is 0 Å². The zero-order chi connectivity index (χ0) is 14.9. The van der Waals surface area contributed by atoms with Gasteiger partial charge in [-0.15, -0.1) is 0 Å². The smallest absolute Gasteiger partial charge is 0.307 e. The maximum Gasteiger partial charge on any atom is 0.307 e. The molecule has 0 aromatic carbocycles. The number of nitrogens with zero attached hydrogens (tertiary/aromatic N) is 1. The molecule has 0 spiro atoms. The summed E-state index contributed by atoms with van der Waals surface area (Å²) in [5.41, 5.74) is -0.931. The number of rotatable bonds is 2. The highest BCUT2D eigenvalue weighted by Gasteiger charge is 2.45. The summed E-state index contributed by atoms with van der Waals surface area (Å²) >= 11 is 0. The van der Waals surface area contributed by atoms with E-state index in [1.165, 1.54) is 4.90 Å². The lowest BCUT2D eigenvalue weighted by atomic mass is 9.81. The summed E-state index contributed by atoms with van der Waals surface area (Å²) < 4.78 is 0. The summed E-state index contributed by atoms with van der Waals surface area (Å²) in [5.74, 6) is -2.67. The van der Waals surface area contributed by atoms with Crippen molar-refractivity contribution in [3.8, 4) is 0 Å². The van der Waals surface area contributed by atoms with E-state index in [1.54, 1.807) is 19.9 Å². The molecule has 0 radical (unpaired) electrons. The van der Waals surface area contributed by atoms with E-state index < -0.39 is 23.3 Å². The van der Waals surface area contributed by atoms with Crippen LogP contribution in [0.25, 0.3) is 0 Å². The van der Waals surface area contributed by atoms with Crippen LogP contribution in [0.3, 0.4) is 0 Å². The Kier molecular flexibility index (Phi) is 3.83. The maximum atomic E-state index is 12.7. The van der Waals surface area contributed by atoms with E-state index in [9.17, 15) is 19.5 Å². The molecule has 1 heterocycles. The van der Waals surface area contributed by atoms with Gasteiger partial charge in [0.2, 0.25) is 11.8 Å². The molecule has 6 nitrogen and oxygen atoms in total. The van der Waals surface area contributed by atoms with Crippen LogP contribution in [0, 0.1) is 11.8 Å². The van der Waals surface area contributed by atoms with Crippen molar-refractivity contribution in [3.05, 3.63) is 12.2 Å².